The van der Waals surface area contributed by atoms with Gasteiger partial charge in [0.15, 0.2) is 0 Å². The standard InChI is InChI=1S/C19H23NO4/c1-23-17-10-6-5-9-16(17)20-12-15(11-18(20)21)19(22)24-13-14-7-3-2-4-8-14/h2-3,5-6,9-10,14-15H,4,7-8,11-13H2,1H3. The average molecular weight is 329 g/mol. The number of rotatable bonds is 5. The summed E-state index contributed by atoms with van der Waals surface area (Å²) < 4.78 is 10.8. The zero-order chi connectivity index (χ0) is 16.9. The Bertz CT molecular complexity index is 640. The highest BCUT2D eigenvalue weighted by atomic mass is 16.5. The van der Waals surface area contributed by atoms with E-state index < -0.39 is 5.92 Å². The lowest BCUT2D eigenvalue weighted by atomic mass is 9.95. The molecule has 0 aromatic heterocycles. The topological polar surface area (TPSA) is 55.8 Å². The number of allylic oxidation sites excluding steroid dienone is 2. The smallest absolute Gasteiger partial charge is 0.311 e. The number of benzene rings is 1. The molecule has 128 valence electrons. The van der Waals surface area contributed by atoms with Crippen LogP contribution in [0.1, 0.15) is 25.7 Å². The number of hydrogen-bond donors (Lipinski definition) is 0. The SMILES string of the molecule is COc1ccccc1N1CC(C(=O)OCC2CC=CCC2)CC1=O. The summed E-state index contributed by atoms with van der Waals surface area (Å²) in [4.78, 5) is 26.3. The van der Waals surface area contributed by atoms with Crippen LogP contribution < -0.4 is 9.64 Å². The van der Waals surface area contributed by atoms with Crippen LogP contribution in [-0.4, -0.2) is 32.1 Å². The first kappa shape index (κ1) is 16.6. The average Bonchev–Trinajstić information content (AvgIpc) is 3.02. The Labute approximate surface area is 142 Å². The Morgan fingerprint density at radius 2 is 2.12 bits per heavy atom. The summed E-state index contributed by atoms with van der Waals surface area (Å²) in [5, 5.41) is 0. The molecular formula is C19H23NO4. The van der Waals surface area contributed by atoms with Gasteiger partial charge in [-0.25, -0.2) is 0 Å². The molecule has 1 aliphatic heterocycles. The fourth-order valence-electron chi connectivity index (χ4n) is 3.28. The molecule has 1 aromatic carbocycles. The number of nitrogens with zero attached hydrogens (tertiary/aromatic N) is 1. The summed E-state index contributed by atoms with van der Waals surface area (Å²) in [5.41, 5.74) is 0.706. The van der Waals surface area contributed by atoms with Crippen LogP contribution in [0.4, 0.5) is 5.69 Å². The molecule has 5 nitrogen and oxygen atoms in total. The largest absolute Gasteiger partial charge is 0.495 e. The van der Waals surface area contributed by atoms with Gasteiger partial charge in [-0.15, -0.1) is 0 Å². The molecule has 0 bridgehead atoms. The molecule has 1 amide bonds. The Morgan fingerprint density at radius 1 is 1.29 bits per heavy atom. The normalized spacial score (nSPS) is 23.4. The van der Waals surface area contributed by atoms with Gasteiger partial charge in [0, 0.05) is 13.0 Å². The zero-order valence-corrected chi connectivity index (χ0v) is 13.9. The Kier molecular flexibility index (Phi) is 5.18. The number of methoxy groups -OCH3 is 1. The zero-order valence-electron chi connectivity index (χ0n) is 13.9. The van der Waals surface area contributed by atoms with E-state index in [4.69, 9.17) is 9.47 Å². The van der Waals surface area contributed by atoms with Crippen LogP contribution >= 0.6 is 0 Å². The van der Waals surface area contributed by atoms with E-state index in [-0.39, 0.29) is 18.3 Å². The maximum absolute atomic E-state index is 12.3. The van der Waals surface area contributed by atoms with Crippen LogP contribution in [0, 0.1) is 11.8 Å². The summed E-state index contributed by atoms with van der Waals surface area (Å²) in [6.07, 6.45) is 7.57. The summed E-state index contributed by atoms with van der Waals surface area (Å²) in [7, 11) is 1.57. The van der Waals surface area contributed by atoms with E-state index in [1.165, 1.54) is 0 Å². The Hall–Kier alpha value is -2.30. The van der Waals surface area contributed by atoms with Crippen molar-refractivity contribution in [2.45, 2.75) is 25.7 Å². The van der Waals surface area contributed by atoms with E-state index in [0.717, 1.165) is 19.3 Å². The molecular weight excluding hydrogens is 306 g/mol. The lowest BCUT2D eigenvalue weighted by Crippen LogP contribution is -2.27. The van der Waals surface area contributed by atoms with Crippen LogP contribution in [0.2, 0.25) is 0 Å². The molecule has 2 unspecified atom stereocenters. The molecule has 0 N–H and O–H groups in total. The Balaban J connectivity index is 1.59. The third-order valence-electron chi connectivity index (χ3n) is 4.67. The summed E-state index contributed by atoms with van der Waals surface area (Å²) in [5.74, 6) is 0.300. The van der Waals surface area contributed by atoms with Crippen LogP contribution in [0.15, 0.2) is 36.4 Å². The third-order valence-corrected chi connectivity index (χ3v) is 4.67. The molecule has 1 aliphatic carbocycles. The van der Waals surface area contributed by atoms with E-state index in [1.807, 2.05) is 24.3 Å². The van der Waals surface area contributed by atoms with Gasteiger partial charge in [-0.1, -0.05) is 24.3 Å². The first-order valence-electron chi connectivity index (χ1n) is 8.44. The minimum Gasteiger partial charge on any atom is -0.495 e. The van der Waals surface area contributed by atoms with Gasteiger partial charge in [0.25, 0.3) is 0 Å². The number of carbonyl (C=O) groups excluding carboxylic acids is 2. The van der Waals surface area contributed by atoms with Crippen molar-refractivity contribution in [3.63, 3.8) is 0 Å². The second kappa shape index (κ2) is 7.51. The number of anilines is 1. The third kappa shape index (κ3) is 3.61. The predicted octanol–water partition coefficient (Wildman–Crippen LogP) is 2.95. The molecule has 1 aromatic rings. The van der Waals surface area contributed by atoms with Crippen molar-refractivity contribution in [3.05, 3.63) is 36.4 Å². The molecule has 5 heteroatoms. The minimum absolute atomic E-state index is 0.0675. The maximum Gasteiger partial charge on any atom is 0.311 e. The highest BCUT2D eigenvalue weighted by molar-refractivity contribution is 6.00. The summed E-state index contributed by atoms with van der Waals surface area (Å²) >= 11 is 0. The molecule has 0 saturated carbocycles. The number of carbonyl (C=O) groups is 2. The van der Waals surface area contributed by atoms with Crippen molar-refractivity contribution in [2.75, 3.05) is 25.2 Å². The number of ether oxygens (including phenoxy) is 2. The molecule has 24 heavy (non-hydrogen) atoms. The van der Waals surface area contributed by atoms with Gasteiger partial charge in [0.2, 0.25) is 5.91 Å². The Morgan fingerprint density at radius 3 is 2.88 bits per heavy atom. The predicted molar refractivity (Wildman–Crippen MR) is 90.9 cm³/mol. The first-order chi connectivity index (χ1) is 11.7. The number of amides is 1. The van der Waals surface area contributed by atoms with Crippen molar-refractivity contribution in [1.82, 2.24) is 0 Å². The van der Waals surface area contributed by atoms with E-state index in [1.54, 1.807) is 12.0 Å². The van der Waals surface area contributed by atoms with Crippen molar-refractivity contribution < 1.29 is 19.1 Å². The van der Waals surface area contributed by atoms with Crippen molar-refractivity contribution in [3.8, 4) is 5.75 Å². The molecule has 1 fully saturated rings. The van der Waals surface area contributed by atoms with Gasteiger partial charge in [0.05, 0.1) is 25.3 Å². The van der Waals surface area contributed by atoms with E-state index in [9.17, 15) is 9.59 Å². The second-order valence-electron chi connectivity index (χ2n) is 6.36. The molecule has 3 rings (SSSR count). The van der Waals surface area contributed by atoms with Crippen molar-refractivity contribution >= 4 is 17.6 Å². The molecule has 2 aliphatic rings. The van der Waals surface area contributed by atoms with Gasteiger partial charge in [-0.3, -0.25) is 9.59 Å². The van der Waals surface area contributed by atoms with E-state index in [0.29, 0.717) is 30.5 Å². The summed E-state index contributed by atoms with van der Waals surface area (Å²) in [6.45, 7) is 0.797. The van der Waals surface area contributed by atoms with Gasteiger partial charge >= 0.3 is 5.97 Å². The fraction of sp³-hybridized carbons (Fsp3) is 0.474. The highest BCUT2D eigenvalue weighted by Gasteiger charge is 2.37. The first-order valence-corrected chi connectivity index (χ1v) is 8.44. The fourth-order valence-corrected chi connectivity index (χ4v) is 3.28. The molecule has 0 radical (unpaired) electrons. The van der Waals surface area contributed by atoms with Gasteiger partial charge in [-0.2, -0.15) is 0 Å². The number of hydrogen-bond acceptors (Lipinski definition) is 4. The van der Waals surface area contributed by atoms with Crippen molar-refractivity contribution in [2.24, 2.45) is 11.8 Å². The number of esters is 1. The van der Waals surface area contributed by atoms with Crippen LogP contribution in [0.3, 0.4) is 0 Å². The molecule has 2 atom stereocenters. The molecule has 1 heterocycles. The van der Waals surface area contributed by atoms with Crippen molar-refractivity contribution in [1.29, 1.82) is 0 Å². The molecule has 0 spiro atoms. The van der Waals surface area contributed by atoms with Gasteiger partial charge < -0.3 is 14.4 Å². The monoisotopic (exact) mass is 329 g/mol. The van der Waals surface area contributed by atoms with Gasteiger partial charge in [-0.05, 0) is 37.3 Å². The van der Waals surface area contributed by atoms with E-state index >= 15 is 0 Å². The van der Waals surface area contributed by atoms with Crippen LogP contribution in [-0.2, 0) is 14.3 Å². The maximum atomic E-state index is 12.3. The van der Waals surface area contributed by atoms with Crippen LogP contribution in [0.25, 0.3) is 0 Å². The van der Waals surface area contributed by atoms with Crippen LogP contribution in [0.5, 0.6) is 5.75 Å². The lowest BCUT2D eigenvalue weighted by molar-refractivity contribution is -0.149. The summed E-state index contributed by atoms with van der Waals surface area (Å²) in [6, 6.07) is 7.35. The van der Waals surface area contributed by atoms with E-state index in [2.05, 4.69) is 12.2 Å². The number of para-hydroxylation sites is 2. The van der Waals surface area contributed by atoms with Gasteiger partial charge in [0.1, 0.15) is 5.75 Å². The molecule has 1 saturated heterocycles. The highest BCUT2D eigenvalue weighted by Crippen LogP contribution is 2.33. The minimum atomic E-state index is -0.401. The lowest BCUT2D eigenvalue weighted by Gasteiger charge is -2.20. The second-order valence-corrected chi connectivity index (χ2v) is 6.36. The quantitative estimate of drug-likeness (QED) is 0.616.